The number of carboxylic acids is 1. The molecule has 0 aliphatic carbocycles. The second-order valence-corrected chi connectivity index (χ2v) is 7.32. The summed E-state index contributed by atoms with van der Waals surface area (Å²) in [6.07, 6.45) is 1.48. The van der Waals surface area contributed by atoms with Gasteiger partial charge in [0.15, 0.2) is 18.1 Å². The molecule has 0 atom stereocenters. The van der Waals surface area contributed by atoms with Crippen molar-refractivity contribution in [2.75, 3.05) is 13.7 Å². The van der Waals surface area contributed by atoms with Gasteiger partial charge in [-0.15, -0.1) is 0 Å². The van der Waals surface area contributed by atoms with Crippen molar-refractivity contribution in [2.45, 2.75) is 6.54 Å². The smallest absolute Gasteiger partial charge is 0.341 e. The van der Waals surface area contributed by atoms with Crippen LogP contribution in [0.1, 0.15) is 11.1 Å². The van der Waals surface area contributed by atoms with Crippen LogP contribution in [-0.4, -0.2) is 40.8 Å². The molecule has 0 bridgehead atoms. The van der Waals surface area contributed by atoms with E-state index >= 15 is 0 Å². The van der Waals surface area contributed by atoms with Gasteiger partial charge in [-0.3, -0.25) is 14.5 Å². The predicted molar refractivity (Wildman–Crippen MR) is 109 cm³/mol. The molecule has 1 aliphatic heterocycles. The van der Waals surface area contributed by atoms with E-state index in [2.05, 4.69) is 0 Å². The van der Waals surface area contributed by atoms with Gasteiger partial charge in [0.2, 0.25) is 0 Å². The zero-order valence-corrected chi connectivity index (χ0v) is 16.8. The Morgan fingerprint density at radius 2 is 1.97 bits per heavy atom. The molecular formula is C20H16ClNO6S. The zero-order chi connectivity index (χ0) is 21.0. The van der Waals surface area contributed by atoms with E-state index in [0.29, 0.717) is 21.9 Å². The number of imide groups is 1. The number of halogens is 1. The third-order valence-corrected chi connectivity index (χ3v) is 5.29. The number of aliphatic carboxylic acids is 1. The summed E-state index contributed by atoms with van der Waals surface area (Å²) in [5.41, 5.74) is 1.08. The summed E-state index contributed by atoms with van der Waals surface area (Å²) in [6.45, 7) is -0.517. The molecule has 0 aromatic heterocycles. The molecule has 2 amide bonds. The number of para-hydroxylation sites is 1. The summed E-state index contributed by atoms with van der Waals surface area (Å²) < 4.78 is 10.5. The monoisotopic (exact) mass is 433 g/mol. The SMILES string of the molecule is COc1cccc(/C=C2\SC(=O)N(Cc3ccccc3Cl)C2=O)c1OCC(=O)O. The minimum Gasteiger partial charge on any atom is -0.493 e. The first kappa shape index (κ1) is 20.8. The molecule has 1 fully saturated rings. The minimum absolute atomic E-state index is 0.0577. The molecule has 1 heterocycles. The Kier molecular flexibility index (Phi) is 6.46. The summed E-state index contributed by atoms with van der Waals surface area (Å²) >= 11 is 6.92. The van der Waals surface area contributed by atoms with Crippen molar-refractivity contribution in [3.05, 3.63) is 63.5 Å². The average molecular weight is 434 g/mol. The van der Waals surface area contributed by atoms with Gasteiger partial charge in [-0.2, -0.15) is 0 Å². The number of carboxylic acid groups (broad SMARTS) is 1. The molecule has 3 rings (SSSR count). The van der Waals surface area contributed by atoms with Crippen LogP contribution in [0.15, 0.2) is 47.4 Å². The lowest BCUT2D eigenvalue weighted by atomic mass is 10.1. The number of rotatable bonds is 7. The first-order chi connectivity index (χ1) is 13.9. The Hall–Kier alpha value is -2.97. The number of nitrogens with zero attached hydrogens (tertiary/aromatic N) is 1. The second-order valence-electron chi connectivity index (χ2n) is 5.92. The van der Waals surface area contributed by atoms with E-state index in [9.17, 15) is 14.4 Å². The maximum atomic E-state index is 12.8. The Labute approximate surface area is 175 Å². The van der Waals surface area contributed by atoms with Crippen molar-refractivity contribution in [1.82, 2.24) is 4.90 Å². The molecule has 29 heavy (non-hydrogen) atoms. The highest BCUT2D eigenvalue weighted by Gasteiger charge is 2.35. The molecular weight excluding hydrogens is 418 g/mol. The van der Waals surface area contributed by atoms with Crippen LogP contribution < -0.4 is 9.47 Å². The molecule has 0 saturated carbocycles. The van der Waals surface area contributed by atoms with Crippen LogP contribution in [0.5, 0.6) is 11.5 Å². The number of methoxy groups -OCH3 is 1. The van der Waals surface area contributed by atoms with Gasteiger partial charge >= 0.3 is 5.97 Å². The number of ether oxygens (including phenoxy) is 2. The molecule has 1 N–H and O–H groups in total. The van der Waals surface area contributed by atoms with Crippen molar-refractivity contribution in [3.8, 4) is 11.5 Å². The van der Waals surface area contributed by atoms with Crippen molar-refractivity contribution >= 4 is 46.6 Å². The maximum absolute atomic E-state index is 12.8. The molecule has 1 aliphatic rings. The number of carbonyl (C=O) groups is 3. The second kappa shape index (κ2) is 9.02. The van der Waals surface area contributed by atoms with Gasteiger partial charge in [-0.05, 0) is 35.5 Å². The van der Waals surface area contributed by atoms with E-state index < -0.39 is 23.7 Å². The van der Waals surface area contributed by atoms with Gasteiger partial charge in [0.25, 0.3) is 11.1 Å². The van der Waals surface area contributed by atoms with Gasteiger partial charge in [0.05, 0.1) is 18.6 Å². The minimum atomic E-state index is -1.15. The third-order valence-electron chi connectivity index (χ3n) is 4.02. The molecule has 7 nitrogen and oxygen atoms in total. The number of carbonyl (C=O) groups excluding carboxylic acids is 2. The Morgan fingerprint density at radius 1 is 1.21 bits per heavy atom. The standard InChI is InChI=1S/C20H16ClNO6S/c1-27-15-8-4-6-12(18(15)28-11-17(23)24)9-16-19(25)22(20(26)29-16)10-13-5-2-3-7-14(13)21/h2-9H,10-11H2,1H3,(H,23,24)/b16-9-. The van der Waals surface area contributed by atoms with Crippen LogP contribution in [-0.2, 0) is 16.1 Å². The number of benzene rings is 2. The lowest BCUT2D eigenvalue weighted by molar-refractivity contribution is -0.139. The van der Waals surface area contributed by atoms with Crippen molar-refractivity contribution in [3.63, 3.8) is 0 Å². The molecule has 0 spiro atoms. The maximum Gasteiger partial charge on any atom is 0.341 e. The van der Waals surface area contributed by atoms with Crippen LogP contribution >= 0.6 is 23.4 Å². The Bertz CT molecular complexity index is 1010. The summed E-state index contributed by atoms with van der Waals surface area (Å²) in [5, 5.41) is 8.93. The first-order valence-corrected chi connectivity index (χ1v) is 9.60. The summed E-state index contributed by atoms with van der Waals surface area (Å²) in [4.78, 5) is 37.3. The summed E-state index contributed by atoms with van der Waals surface area (Å²) in [5.74, 6) is -1.13. The number of thioether (sulfide) groups is 1. The molecule has 1 saturated heterocycles. The molecule has 2 aromatic carbocycles. The highest BCUT2D eigenvalue weighted by Crippen LogP contribution is 2.38. The lowest BCUT2D eigenvalue weighted by Crippen LogP contribution is -2.27. The van der Waals surface area contributed by atoms with E-state index in [1.54, 1.807) is 42.5 Å². The number of hydrogen-bond acceptors (Lipinski definition) is 6. The van der Waals surface area contributed by atoms with Crippen molar-refractivity contribution < 1.29 is 29.0 Å². The van der Waals surface area contributed by atoms with Crippen LogP contribution in [0.2, 0.25) is 5.02 Å². The largest absolute Gasteiger partial charge is 0.493 e. The fourth-order valence-electron chi connectivity index (χ4n) is 2.67. The first-order valence-electron chi connectivity index (χ1n) is 8.41. The fourth-order valence-corrected chi connectivity index (χ4v) is 3.69. The van der Waals surface area contributed by atoms with Gasteiger partial charge in [0.1, 0.15) is 0 Å². The fraction of sp³-hybridized carbons (Fsp3) is 0.150. The Balaban J connectivity index is 1.89. The van der Waals surface area contributed by atoms with E-state index in [1.165, 1.54) is 13.2 Å². The van der Waals surface area contributed by atoms with Gasteiger partial charge in [-0.1, -0.05) is 41.9 Å². The molecule has 0 radical (unpaired) electrons. The molecule has 0 unspecified atom stereocenters. The zero-order valence-electron chi connectivity index (χ0n) is 15.3. The average Bonchev–Trinajstić information content (AvgIpc) is 2.95. The van der Waals surface area contributed by atoms with E-state index in [-0.39, 0.29) is 17.2 Å². The summed E-state index contributed by atoms with van der Waals surface area (Å²) in [7, 11) is 1.42. The lowest BCUT2D eigenvalue weighted by Gasteiger charge is -2.14. The van der Waals surface area contributed by atoms with Gasteiger partial charge in [-0.25, -0.2) is 4.79 Å². The van der Waals surface area contributed by atoms with Crippen LogP contribution in [0.3, 0.4) is 0 Å². The summed E-state index contributed by atoms with van der Waals surface area (Å²) in [6, 6.07) is 11.9. The predicted octanol–water partition coefficient (Wildman–Crippen LogP) is 4.05. The van der Waals surface area contributed by atoms with E-state index in [0.717, 1.165) is 16.7 Å². The highest BCUT2D eigenvalue weighted by atomic mass is 35.5. The van der Waals surface area contributed by atoms with Crippen LogP contribution in [0.4, 0.5) is 4.79 Å². The van der Waals surface area contributed by atoms with Gasteiger partial charge < -0.3 is 14.6 Å². The highest BCUT2D eigenvalue weighted by molar-refractivity contribution is 8.18. The number of hydrogen-bond donors (Lipinski definition) is 1. The van der Waals surface area contributed by atoms with Crippen molar-refractivity contribution in [1.29, 1.82) is 0 Å². The molecule has 2 aromatic rings. The quantitative estimate of drug-likeness (QED) is 0.658. The normalized spacial score (nSPS) is 15.1. The number of amides is 2. The Morgan fingerprint density at radius 3 is 2.66 bits per heavy atom. The topological polar surface area (TPSA) is 93.1 Å². The molecule has 9 heteroatoms. The van der Waals surface area contributed by atoms with E-state index in [4.69, 9.17) is 26.2 Å². The third kappa shape index (κ3) is 4.72. The van der Waals surface area contributed by atoms with Gasteiger partial charge in [0, 0.05) is 10.6 Å². The van der Waals surface area contributed by atoms with Crippen molar-refractivity contribution in [2.24, 2.45) is 0 Å². The van der Waals surface area contributed by atoms with Crippen LogP contribution in [0, 0.1) is 0 Å². The van der Waals surface area contributed by atoms with Crippen LogP contribution in [0.25, 0.3) is 6.08 Å². The van der Waals surface area contributed by atoms with E-state index in [1.807, 2.05) is 0 Å². The molecule has 150 valence electrons.